The number of aliphatic carboxylic acids is 1. The van der Waals surface area contributed by atoms with Crippen LogP contribution in [0.15, 0.2) is 54.7 Å². The Labute approximate surface area is 215 Å². The molecule has 3 unspecified atom stereocenters. The molecule has 0 aliphatic carbocycles. The second-order valence-corrected chi connectivity index (χ2v) is 10.7. The maximum absolute atomic E-state index is 12.6. The molecule has 3 aromatic rings. The average molecular weight is 513 g/mol. The summed E-state index contributed by atoms with van der Waals surface area (Å²) in [4.78, 5) is 27.9. The number of hydrogen-bond donors (Lipinski definition) is 4. The maximum atomic E-state index is 12.6. The number of rotatable bonds is 9. The zero-order valence-electron chi connectivity index (χ0n) is 20.9. The standard InChI is InChI=1S/C27H33ClN4O4/c1-16(18-9-5-7-11-20(18)28)13-23(30-26(35)36-27(2,3)4)31-32-22(24(32)25(33)34)14-17-15-29-21-12-8-6-10-19(17)21/h5-12,15-16,22-24,29,31H,13-14H2,1-4H3,(H,30,35)(H,33,34)/t16?,22-,23?,24-,32?/m0/s1. The number of alkyl carbamates (subject to hydrolysis) is 1. The highest BCUT2D eigenvalue weighted by Gasteiger charge is 2.54. The number of fused-ring (bicyclic) bond motifs is 1. The van der Waals surface area contributed by atoms with E-state index in [-0.39, 0.29) is 12.0 Å². The molecule has 1 fully saturated rings. The van der Waals surface area contributed by atoms with Gasteiger partial charge in [-0.3, -0.25) is 4.79 Å². The van der Waals surface area contributed by atoms with Crippen LogP contribution in [0.5, 0.6) is 0 Å². The Morgan fingerprint density at radius 2 is 1.86 bits per heavy atom. The molecule has 1 aliphatic heterocycles. The highest BCUT2D eigenvalue weighted by Crippen LogP contribution is 2.33. The maximum Gasteiger partial charge on any atom is 0.408 e. The second-order valence-electron chi connectivity index (χ2n) is 10.3. The summed E-state index contributed by atoms with van der Waals surface area (Å²) in [5.41, 5.74) is 5.61. The average Bonchev–Trinajstić information content (AvgIpc) is 3.30. The van der Waals surface area contributed by atoms with Crippen molar-refractivity contribution in [3.63, 3.8) is 0 Å². The van der Waals surface area contributed by atoms with Crippen LogP contribution in [0.25, 0.3) is 10.9 Å². The predicted molar refractivity (Wildman–Crippen MR) is 140 cm³/mol. The quantitative estimate of drug-likeness (QED) is 0.236. The number of aromatic amines is 1. The number of halogens is 1. The van der Waals surface area contributed by atoms with Crippen molar-refractivity contribution in [1.29, 1.82) is 0 Å². The molecular weight excluding hydrogens is 480 g/mol. The molecule has 4 rings (SSSR count). The Kier molecular flexibility index (Phi) is 7.59. The number of para-hydroxylation sites is 1. The van der Waals surface area contributed by atoms with Crippen LogP contribution in [0.2, 0.25) is 5.02 Å². The molecule has 8 nitrogen and oxygen atoms in total. The first-order chi connectivity index (χ1) is 17.0. The van der Waals surface area contributed by atoms with Gasteiger partial charge in [0, 0.05) is 22.1 Å². The van der Waals surface area contributed by atoms with Crippen LogP contribution in [0.4, 0.5) is 4.79 Å². The summed E-state index contributed by atoms with van der Waals surface area (Å²) in [6, 6.07) is 14.5. The zero-order chi connectivity index (χ0) is 26.0. The molecular formula is C27H33ClN4O4. The number of hydrazine groups is 1. The lowest BCUT2D eigenvalue weighted by Crippen LogP contribution is -2.50. The number of H-pyrrole nitrogens is 1. The molecule has 5 atom stereocenters. The van der Waals surface area contributed by atoms with E-state index in [9.17, 15) is 14.7 Å². The molecule has 0 bridgehead atoms. The lowest BCUT2D eigenvalue weighted by molar-refractivity contribution is -0.137. The lowest BCUT2D eigenvalue weighted by atomic mass is 9.96. The van der Waals surface area contributed by atoms with Crippen molar-refractivity contribution in [1.82, 2.24) is 20.7 Å². The fraction of sp³-hybridized carbons (Fsp3) is 0.407. The van der Waals surface area contributed by atoms with Gasteiger partial charge in [-0.1, -0.05) is 54.9 Å². The van der Waals surface area contributed by atoms with Crippen molar-refractivity contribution in [3.8, 4) is 0 Å². The molecule has 1 amide bonds. The predicted octanol–water partition coefficient (Wildman–Crippen LogP) is 5.05. The first-order valence-electron chi connectivity index (χ1n) is 12.1. The van der Waals surface area contributed by atoms with Gasteiger partial charge >= 0.3 is 12.1 Å². The largest absolute Gasteiger partial charge is 0.480 e. The van der Waals surface area contributed by atoms with Crippen molar-refractivity contribution < 1.29 is 19.4 Å². The number of nitrogens with zero attached hydrogens (tertiary/aromatic N) is 1. The molecule has 0 radical (unpaired) electrons. The number of aromatic nitrogens is 1. The summed E-state index contributed by atoms with van der Waals surface area (Å²) < 4.78 is 5.46. The highest BCUT2D eigenvalue weighted by atomic mass is 35.5. The lowest BCUT2D eigenvalue weighted by Gasteiger charge is -2.27. The number of carbonyl (C=O) groups is 2. The van der Waals surface area contributed by atoms with Crippen molar-refractivity contribution in [3.05, 3.63) is 70.9 Å². The minimum Gasteiger partial charge on any atom is -0.480 e. The second kappa shape index (κ2) is 10.5. The van der Waals surface area contributed by atoms with Gasteiger partial charge in [0.2, 0.25) is 0 Å². The fourth-order valence-electron chi connectivity index (χ4n) is 4.60. The van der Waals surface area contributed by atoms with Crippen LogP contribution in [0, 0.1) is 0 Å². The fourth-order valence-corrected chi connectivity index (χ4v) is 4.93. The Morgan fingerprint density at radius 1 is 1.17 bits per heavy atom. The number of benzene rings is 2. The molecule has 2 aromatic carbocycles. The molecule has 36 heavy (non-hydrogen) atoms. The number of nitrogens with one attached hydrogen (secondary N) is 3. The third-order valence-electron chi connectivity index (χ3n) is 6.31. The van der Waals surface area contributed by atoms with Crippen molar-refractivity contribution in [2.45, 2.75) is 70.3 Å². The summed E-state index contributed by atoms with van der Waals surface area (Å²) in [6.07, 6.45) is 1.81. The van der Waals surface area contributed by atoms with Crippen LogP contribution in [0.3, 0.4) is 0 Å². The topological polar surface area (TPSA) is 106 Å². The molecule has 192 valence electrons. The van der Waals surface area contributed by atoms with E-state index in [2.05, 4.69) is 15.7 Å². The smallest absolute Gasteiger partial charge is 0.408 e. The van der Waals surface area contributed by atoms with E-state index in [0.29, 0.717) is 17.9 Å². The van der Waals surface area contributed by atoms with Gasteiger partial charge in [-0.25, -0.2) is 15.2 Å². The van der Waals surface area contributed by atoms with Crippen LogP contribution >= 0.6 is 11.6 Å². The number of carboxylic acids is 1. The third kappa shape index (κ3) is 6.19. The monoisotopic (exact) mass is 512 g/mol. The number of carbonyl (C=O) groups excluding carboxylic acids is 1. The molecule has 4 N–H and O–H groups in total. The summed E-state index contributed by atoms with van der Waals surface area (Å²) in [5.74, 6) is -0.927. The molecule has 0 saturated carbocycles. The summed E-state index contributed by atoms with van der Waals surface area (Å²) >= 11 is 6.41. The van der Waals surface area contributed by atoms with Crippen molar-refractivity contribution in [2.75, 3.05) is 0 Å². The Morgan fingerprint density at radius 3 is 2.56 bits per heavy atom. The van der Waals surface area contributed by atoms with Gasteiger partial charge in [-0.15, -0.1) is 0 Å². The Hall–Kier alpha value is -3.07. The number of carboxylic acid groups (broad SMARTS) is 1. The molecule has 1 aromatic heterocycles. The third-order valence-corrected chi connectivity index (χ3v) is 6.65. The SMILES string of the molecule is CC(CC(NC(=O)OC(C)(C)C)NN1[C@H](C(=O)O)[C@@H]1Cc1c[nH]c2ccccc12)c1ccccc1Cl. The van der Waals surface area contributed by atoms with Crippen LogP contribution in [-0.4, -0.2) is 51.0 Å². The van der Waals surface area contributed by atoms with Gasteiger partial charge in [-0.05, 0) is 62.8 Å². The van der Waals surface area contributed by atoms with Gasteiger partial charge in [0.15, 0.2) is 0 Å². The summed E-state index contributed by atoms with van der Waals surface area (Å²) in [6.45, 7) is 7.41. The van der Waals surface area contributed by atoms with Gasteiger partial charge in [0.05, 0.1) is 12.2 Å². The van der Waals surface area contributed by atoms with E-state index in [1.165, 1.54) is 0 Å². The minimum absolute atomic E-state index is 0.0126. The molecule has 0 spiro atoms. The first-order valence-corrected chi connectivity index (χ1v) is 12.5. The van der Waals surface area contributed by atoms with E-state index >= 15 is 0 Å². The molecule has 1 saturated heterocycles. The van der Waals surface area contributed by atoms with Crippen LogP contribution < -0.4 is 10.7 Å². The van der Waals surface area contributed by atoms with Gasteiger partial charge < -0.3 is 20.1 Å². The number of ether oxygens (including phenoxy) is 1. The summed E-state index contributed by atoms with van der Waals surface area (Å²) in [5, 5.41) is 16.2. The molecule has 1 aliphatic rings. The summed E-state index contributed by atoms with van der Waals surface area (Å²) in [7, 11) is 0. The molecule has 9 heteroatoms. The first kappa shape index (κ1) is 26.0. The zero-order valence-corrected chi connectivity index (χ0v) is 21.7. The van der Waals surface area contributed by atoms with Gasteiger partial charge in [0.1, 0.15) is 11.6 Å². The van der Waals surface area contributed by atoms with Gasteiger partial charge in [0.25, 0.3) is 0 Å². The highest BCUT2D eigenvalue weighted by molar-refractivity contribution is 6.31. The van der Waals surface area contributed by atoms with E-state index in [4.69, 9.17) is 16.3 Å². The Bertz CT molecular complexity index is 1240. The molecule has 2 heterocycles. The van der Waals surface area contributed by atoms with E-state index in [0.717, 1.165) is 22.0 Å². The minimum atomic E-state index is -0.914. The van der Waals surface area contributed by atoms with Crippen LogP contribution in [0.1, 0.15) is 51.2 Å². The number of hydrogen-bond acceptors (Lipinski definition) is 5. The van der Waals surface area contributed by atoms with Crippen LogP contribution in [-0.2, 0) is 16.0 Å². The number of amides is 1. The van der Waals surface area contributed by atoms with Crippen molar-refractivity contribution >= 4 is 34.6 Å². The van der Waals surface area contributed by atoms with E-state index in [1.54, 1.807) is 25.8 Å². The van der Waals surface area contributed by atoms with Crippen molar-refractivity contribution in [2.24, 2.45) is 0 Å². The van der Waals surface area contributed by atoms with Gasteiger partial charge in [-0.2, -0.15) is 0 Å². The normalized spacial score (nSPS) is 21.1. The van der Waals surface area contributed by atoms with E-state index in [1.807, 2.05) is 61.7 Å². The van der Waals surface area contributed by atoms with E-state index < -0.39 is 29.9 Å². The Balaban J connectivity index is 1.51.